The molecule has 0 N–H and O–H groups in total. The van der Waals surface area contributed by atoms with Crippen LogP contribution in [0.1, 0.15) is 37.0 Å². The van der Waals surface area contributed by atoms with Gasteiger partial charge in [-0.15, -0.1) is 0 Å². The zero-order valence-corrected chi connectivity index (χ0v) is 15.7. The molecule has 0 saturated carbocycles. The van der Waals surface area contributed by atoms with Crippen molar-refractivity contribution in [1.82, 2.24) is 9.88 Å². The zero-order valence-electron chi connectivity index (χ0n) is 14.1. The van der Waals surface area contributed by atoms with Gasteiger partial charge in [0.05, 0.1) is 17.1 Å². The second kappa shape index (κ2) is 8.14. The van der Waals surface area contributed by atoms with E-state index in [1.165, 1.54) is 17.2 Å². The molecular weight excluding hydrogens is 368 g/mol. The third-order valence-corrected chi connectivity index (χ3v) is 6.31. The molecule has 0 aliphatic carbocycles. The van der Waals surface area contributed by atoms with Gasteiger partial charge in [-0.25, -0.2) is 18.2 Å². The minimum atomic E-state index is -3.12. The molecule has 2 rings (SSSR count). The third-order valence-electron chi connectivity index (χ3n) is 4.26. The summed E-state index contributed by atoms with van der Waals surface area (Å²) in [4.78, 5) is 29.9. The molecule has 1 aliphatic heterocycles. The lowest BCUT2D eigenvalue weighted by atomic mass is 10.1. The first kappa shape index (κ1) is 19.7. The van der Waals surface area contributed by atoms with E-state index in [-0.39, 0.29) is 34.3 Å². The standard InChI is InChI=1S/C16H21ClN2O5S/c1-3-11(2)19(12-6-8-25(22,23)10-12)14(20)9-24-16(21)13-5-4-7-18-15(13)17/h4-5,7,11-12H,3,6,8-10H2,1-2H3/t11-,12+/m0/s1. The molecule has 1 fully saturated rings. The second-order valence-electron chi connectivity index (χ2n) is 6.03. The number of sulfone groups is 1. The molecule has 1 saturated heterocycles. The molecule has 25 heavy (non-hydrogen) atoms. The quantitative estimate of drug-likeness (QED) is 0.544. The molecule has 0 unspecified atom stereocenters. The molecule has 0 bridgehead atoms. The van der Waals surface area contributed by atoms with Crippen LogP contribution < -0.4 is 0 Å². The molecular formula is C16H21ClN2O5S. The smallest absolute Gasteiger partial charge is 0.341 e. The van der Waals surface area contributed by atoms with E-state index in [9.17, 15) is 18.0 Å². The Morgan fingerprint density at radius 1 is 1.48 bits per heavy atom. The van der Waals surface area contributed by atoms with E-state index >= 15 is 0 Å². The number of pyridine rings is 1. The number of carbonyl (C=O) groups excluding carboxylic acids is 2. The number of hydrogen-bond acceptors (Lipinski definition) is 6. The number of rotatable bonds is 6. The zero-order chi connectivity index (χ0) is 18.6. The Bertz CT molecular complexity index is 753. The number of hydrogen-bond donors (Lipinski definition) is 0. The van der Waals surface area contributed by atoms with E-state index < -0.39 is 28.3 Å². The summed E-state index contributed by atoms with van der Waals surface area (Å²) in [5.41, 5.74) is 0.0792. The largest absolute Gasteiger partial charge is 0.452 e. The summed E-state index contributed by atoms with van der Waals surface area (Å²) in [5, 5.41) is 0.000572. The van der Waals surface area contributed by atoms with Crippen molar-refractivity contribution in [2.24, 2.45) is 0 Å². The number of nitrogens with zero attached hydrogens (tertiary/aromatic N) is 2. The number of amides is 1. The fraction of sp³-hybridized carbons (Fsp3) is 0.562. The van der Waals surface area contributed by atoms with E-state index in [0.29, 0.717) is 12.8 Å². The number of esters is 1. The summed E-state index contributed by atoms with van der Waals surface area (Å²) in [5.74, 6) is -1.13. The lowest BCUT2D eigenvalue weighted by molar-refractivity contribution is -0.138. The Kier molecular flexibility index (Phi) is 6.40. The van der Waals surface area contributed by atoms with Crippen LogP contribution in [0, 0.1) is 0 Å². The highest BCUT2D eigenvalue weighted by Crippen LogP contribution is 2.22. The van der Waals surface area contributed by atoms with Crippen LogP contribution in [0.4, 0.5) is 0 Å². The molecule has 0 spiro atoms. The summed E-state index contributed by atoms with van der Waals surface area (Å²) >= 11 is 5.83. The Balaban J connectivity index is 2.05. The van der Waals surface area contributed by atoms with Crippen LogP contribution in [0.3, 0.4) is 0 Å². The average molecular weight is 389 g/mol. The van der Waals surface area contributed by atoms with Crippen LogP contribution in [-0.2, 0) is 19.4 Å². The summed E-state index contributed by atoms with van der Waals surface area (Å²) in [6.07, 6.45) is 2.51. The number of halogens is 1. The maximum absolute atomic E-state index is 12.6. The lowest BCUT2D eigenvalue weighted by Gasteiger charge is -2.33. The van der Waals surface area contributed by atoms with Gasteiger partial charge in [-0.1, -0.05) is 18.5 Å². The maximum Gasteiger partial charge on any atom is 0.341 e. The molecule has 1 aliphatic rings. The van der Waals surface area contributed by atoms with Crippen molar-refractivity contribution >= 4 is 33.3 Å². The van der Waals surface area contributed by atoms with Crippen LogP contribution in [0.15, 0.2) is 18.3 Å². The first-order chi connectivity index (χ1) is 11.7. The number of aromatic nitrogens is 1. The third kappa shape index (κ3) is 4.92. The van der Waals surface area contributed by atoms with E-state index in [2.05, 4.69) is 4.98 Å². The minimum absolute atomic E-state index is 0.000572. The molecule has 1 aromatic rings. The molecule has 0 radical (unpaired) electrons. The minimum Gasteiger partial charge on any atom is -0.452 e. The molecule has 2 heterocycles. The van der Waals surface area contributed by atoms with Crippen LogP contribution in [0.2, 0.25) is 5.15 Å². The van der Waals surface area contributed by atoms with E-state index in [0.717, 1.165) is 0 Å². The van der Waals surface area contributed by atoms with Crippen molar-refractivity contribution in [2.75, 3.05) is 18.1 Å². The van der Waals surface area contributed by atoms with Crippen LogP contribution in [0.5, 0.6) is 0 Å². The van der Waals surface area contributed by atoms with Gasteiger partial charge in [0.15, 0.2) is 16.4 Å². The van der Waals surface area contributed by atoms with Crippen molar-refractivity contribution < 1.29 is 22.7 Å². The first-order valence-corrected chi connectivity index (χ1v) is 10.2. The SMILES string of the molecule is CC[C@H](C)N(C(=O)COC(=O)c1cccnc1Cl)[C@@H]1CCS(=O)(=O)C1. The highest BCUT2D eigenvalue weighted by molar-refractivity contribution is 7.91. The Morgan fingerprint density at radius 2 is 2.20 bits per heavy atom. The average Bonchev–Trinajstić information content (AvgIpc) is 2.92. The second-order valence-corrected chi connectivity index (χ2v) is 8.62. The van der Waals surface area contributed by atoms with Crippen LogP contribution in [0.25, 0.3) is 0 Å². The molecule has 0 aromatic carbocycles. The van der Waals surface area contributed by atoms with Gasteiger partial charge in [0, 0.05) is 18.3 Å². The fourth-order valence-electron chi connectivity index (χ4n) is 2.82. The van der Waals surface area contributed by atoms with E-state index in [1.807, 2.05) is 13.8 Å². The predicted molar refractivity (Wildman–Crippen MR) is 93.2 cm³/mol. The van der Waals surface area contributed by atoms with Gasteiger partial charge in [-0.3, -0.25) is 4.79 Å². The molecule has 7 nitrogen and oxygen atoms in total. The van der Waals surface area contributed by atoms with Gasteiger partial charge >= 0.3 is 5.97 Å². The summed E-state index contributed by atoms with van der Waals surface area (Å²) in [6, 6.07) is 2.47. The van der Waals surface area contributed by atoms with Crippen molar-refractivity contribution in [3.63, 3.8) is 0 Å². The highest BCUT2D eigenvalue weighted by atomic mass is 35.5. The molecule has 1 amide bonds. The van der Waals surface area contributed by atoms with Gasteiger partial charge < -0.3 is 9.64 Å². The van der Waals surface area contributed by atoms with Crippen molar-refractivity contribution in [3.05, 3.63) is 29.0 Å². The van der Waals surface area contributed by atoms with Crippen molar-refractivity contribution in [2.45, 2.75) is 38.8 Å². The Hall–Kier alpha value is -1.67. The molecule has 1 aromatic heterocycles. The highest BCUT2D eigenvalue weighted by Gasteiger charge is 2.36. The lowest BCUT2D eigenvalue weighted by Crippen LogP contribution is -2.48. The topological polar surface area (TPSA) is 93.6 Å². The van der Waals surface area contributed by atoms with Crippen LogP contribution in [-0.4, -0.2) is 60.4 Å². The molecule has 2 atom stereocenters. The Labute approximate surface area is 152 Å². The predicted octanol–water partition coefficient (Wildman–Crippen LogP) is 1.71. The van der Waals surface area contributed by atoms with Crippen molar-refractivity contribution in [3.8, 4) is 0 Å². The van der Waals surface area contributed by atoms with Gasteiger partial charge in [0.25, 0.3) is 5.91 Å². The summed E-state index contributed by atoms with van der Waals surface area (Å²) < 4.78 is 28.5. The number of ether oxygens (including phenoxy) is 1. The monoisotopic (exact) mass is 388 g/mol. The van der Waals surface area contributed by atoms with Gasteiger partial charge in [0.2, 0.25) is 0 Å². The van der Waals surface area contributed by atoms with E-state index in [1.54, 1.807) is 6.07 Å². The molecule has 138 valence electrons. The van der Waals surface area contributed by atoms with Gasteiger partial charge in [-0.05, 0) is 31.9 Å². The summed E-state index contributed by atoms with van der Waals surface area (Å²) in [7, 11) is -3.12. The van der Waals surface area contributed by atoms with Crippen LogP contribution >= 0.6 is 11.6 Å². The van der Waals surface area contributed by atoms with Gasteiger partial charge in [-0.2, -0.15) is 0 Å². The van der Waals surface area contributed by atoms with Crippen molar-refractivity contribution in [1.29, 1.82) is 0 Å². The normalized spacial score (nSPS) is 20.0. The summed E-state index contributed by atoms with van der Waals surface area (Å²) in [6.45, 7) is 3.30. The maximum atomic E-state index is 12.6. The van der Waals surface area contributed by atoms with Gasteiger partial charge in [0.1, 0.15) is 5.15 Å². The Morgan fingerprint density at radius 3 is 2.76 bits per heavy atom. The number of carbonyl (C=O) groups is 2. The first-order valence-electron chi connectivity index (χ1n) is 8.04. The fourth-order valence-corrected chi connectivity index (χ4v) is 4.73. The van der Waals surface area contributed by atoms with E-state index in [4.69, 9.17) is 16.3 Å². The molecule has 9 heteroatoms.